The maximum Gasteiger partial charge on any atom is 0.414 e. The van der Waals surface area contributed by atoms with Crippen LogP contribution in [0.1, 0.15) is 19.4 Å². The Kier molecular flexibility index (Phi) is 11.2. The maximum atomic E-state index is 13.8. The van der Waals surface area contributed by atoms with E-state index in [4.69, 9.17) is 27.9 Å². The number of amides is 1. The number of benzene rings is 2. The summed E-state index contributed by atoms with van der Waals surface area (Å²) in [6, 6.07) is 9.33. The van der Waals surface area contributed by atoms with E-state index in [1.54, 1.807) is 44.4 Å². The van der Waals surface area contributed by atoms with Gasteiger partial charge in [-0.2, -0.15) is 0 Å². The van der Waals surface area contributed by atoms with Gasteiger partial charge in [-0.3, -0.25) is 10.1 Å². The second kappa shape index (κ2) is 14.2. The number of hydrogen-bond donors (Lipinski definition) is 2. The molecule has 1 aliphatic rings. The fourth-order valence-electron chi connectivity index (χ4n) is 4.11. The minimum absolute atomic E-state index is 0.0491. The van der Waals surface area contributed by atoms with Gasteiger partial charge in [-0.1, -0.05) is 35.3 Å². The van der Waals surface area contributed by atoms with Crippen molar-refractivity contribution in [3.8, 4) is 5.75 Å². The van der Waals surface area contributed by atoms with Crippen molar-refractivity contribution in [2.75, 3.05) is 34.2 Å². The van der Waals surface area contributed by atoms with Crippen LogP contribution in [0.5, 0.6) is 5.75 Å². The van der Waals surface area contributed by atoms with E-state index in [1.807, 2.05) is 18.7 Å². The van der Waals surface area contributed by atoms with Crippen LogP contribution in [0, 0.1) is 0 Å². The van der Waals surface area contributed by atoms with Gasteiger partial charge in [0.15, 0.2) is 0 Å². The smallest absolute Gasteiger partial charge is 0.414 e. The number of guanidine groups is 1. The van der Waals surface area contributed by atoms with E-state index in [0.29, 0.717) is 30.4 Å². The molecule has 2 aromatic carbocycles. The van der Waals surface area contributed by atoms with Crippen molar-refractivity contribution >= 4 is 51.2 Å². The van der Waals surface area contributed by atoms with E-state index in [0.717, 1.165) is 4.41 Å². The molecular weight excluding hydrogens is 607 g/mol. The predicted molar refractivity (Wildman–Crippen MR) is 161 cm³/mol. The third-order valence-corrected chi connectivity index (χ3v) is 8.50. The van der Waals surface area contributed by atoms with Crippen molar-refractivity contribution in [3.05, 3.63) is 70.3 Å². The van der Waals surface area contributed by atoms with Crippen LogP contribution in [-0.4, -0.2) is 97.2 Å². The summed E-state index contributed by atoms with van der Waals surface area (Å²) in [6.07, 6.45) is 1.67. The molecule has 0 bridgehead atoms. The van der Waals surface area contributed by atoms with E-state index in [-0.39, 0.29) is 21.4 Å². The highest BCUT2D eigenvalue weighted by Gasteiger charge is 2.38. The van der Waals surface area contributed by atoms with Gasteiger partial charge in [-0.05, 0) is 62.2 Å². The Balaban J connectivity index is 1.93. The van der Waals surface area contributed by atoms with E-state index < -0.39 is 34.3 Å². The largest absolute Gasteiger partial charge is 0.480 e. The molecule has 15 heteroatoms. The Morgan fingerprint density at radius 2 is 1.67 bits per heavy atom. The number of nitrogens with one attached hydrogen (secondary N) is 1. The minimum Gasteiger partial charge on any atom is -0.480 e. The Morgan fingerprint density at radius 1 is 1.07 bits per heavy atom. The van der Waals surface area contributed by atoms with Crippen LogP contribution in [0.15, 0.2) is 64.6 Å². The number of nitrogens with zero attached hydrogens (tertiary/aromatic N) is 5. The number of ether oxygens (including phenoxy) is 1. The second-order valence-electron chi connectivity index (χ2n) is 9.44. The molecule has 1 heterocycles. The number of carboxylic acid groups (broad SMARTS) is 1. The lowest BCUT2D eigenvalue weighted by Crippen LogP contribution is -2.63. The van der Waals surface area contributed by atoms with Crippen molar-refractivity contribution in [2.24, 2.45) is 4.99 Å². The van der Waals surface area contributed by atoms with Crippen molar-refractivity contribution in [1.29, 1.82) is 0 Å². The van der Waals surface area contributed by atoms with Gasteiger partial charge in [0.2, 0.25) is 5.96 Å². The number of carbonyl (C=O) groups excluding carboxylic acids is 1. The second-order valence-corrected chi connectivity index (χ2v) is 12.3. The summed E-state index contributed by atoms with van der Waals surface area (Å²) in [5.74, 6) is -0.535. The SMILES string of the molecule is CCN(CC)C1=NC=CC(NC(Cc2ccc(OC(=O)N(C)C)cc2)C(=O)O)N1N(C)S(=O)(=O)c1cc(Cl)cc(Cl)c1. The average molecular weight is 642 g/mol. The number of aliphatic carboxylic acids is 1. The number of sulfonamides is 1. The third kappa shape index (κ3) is 7.92. The summed E-state index contributed by atoms with van der Waals surface area (Å²) in [7, 11) is 0.252. The molecule has 0 fully saturated rings. The highest BCUT2D eigenvalue weighted by Crippen LogP contribution is 2.27. The highest BCUT2D eigenvalue weighted by molar-refractivity contribution is 7.89. The summed E-state index contributed by atoms with van der Waals surface area (Å²) >= 11 is 12.2. The summed E-state index contributed by atoms with van der Waals surface area (Å²) < 4.78 is 33.8. The summed E-state index contributed by atoms with van der Waals surface area (Å²) in [5.41, 5.74) is 0.651. The van der Waals surface area contributed by atoms with Crippen molar-refractivity contribution in [1.82, 2.24) is 24.5 Å². The molecule has 0 spiro atoms. The van der Waals surface area contributed by atoms with Crippen LogP contribution in [-0.2, 0) is 21.2 Å². The first-order chi connectivity index (χ1) is 19.8. The molecule has 2 unspecified atom stereocenters. The lowest BCUT2D eigenvalue weighted by molar-refractivity contribution is -0.140. The normalized spacial score (nSPS) is 15.8. The molecule has 12 nitrogen and oxygen atoms in total. The quantitative estimate of drug-likeness (QED) is 0.377. The predicted octanol–water partition coefficient (Wildman–Crippen LogP) is 3.73. The fourth-order valence-corrected chi connectivity index (χ4v) is 6.03. The number of hydrazine groups is 1. The number of rotatable bonds is 11. The zero-order chi connectivity index (χ0) is 31.2. The number of carboxylic acids is 1. The minimum atomic E-state index is -4.22. The van der Waals surface area contributed by atoms with Crippen LogP contribution in [0.2, 0.25) is 10.0 Å². The molecule has 3 rings (SSSR count). The summed E-state index contributed by atoms with van der Waals surface area (Å²) in [6.45, 7) is 4.82. The number of aliphatic imine (C=N–C) groups is 1. The lowest BCUT2D eigenvalue weighted by Gasteiger charge is -2.43. The van der Waals surface area contributed by atoms with Crippen LogP contribution in [0.3, 0.4) is 0 Å². The highest BCUT2D eigenvalue weighted by atomic mass is 35.5. The Bertz CT molecular complexity index is 1430. The zero-order valence-corrected chi connectivity index (χ0v) is 26.2. The van der Waals surface area contributed by atoms with Crippen molar-refractivity contribution in [3.63, 3.8) is 0 Å². The van der Waals surface area contributed by atoms with Gasteiger partial charge >= 0.3 is 12.1 Å². The molecule has 42 heavy (non-hydrogen) atoms. The van der Waals surface area contributed by atoms with Crippen LogP contribution < -0.4 is 10.1 Å². The molecule has 2 aromatic rings. The average Bonchev–Trinajstić information content (AvgIpc) is 2.93. The van der Waals surface area contributed by atoms with E-state index >= 15 is 0 Å². The van der Waals surface area contributed by atoms with Crippen LogP contribution in [0.25, 0.3) is 0 Å². The lowest BCUT2D eigenvalue weighted by atomic mass is 10.1. The van der Waals surface area contributed by atoms with Crippen molar-refractivity contribution in [2.45, 2.75) is 37.4 Å². The molecule has 1 aliphatic heterocycles. The monoisotopic (exact) mass is 640 g/mol. The van der Waals surface area contributed by atoms with Gasteiger partial charge in [0.05, 0.1) is 4.90 Å². The first-order valence-electron chi connectivity index (χ1n) is 13.0. The molecule has 2 atom stereocenters. The molecular formula is C27H34Cl2N6O6S. The maximum absolute atomic E-state index is 13.8. The zero-order valence-electron chi connectivity index (χ0n) is 23.9. The molecule has 0 aliphatic carbocycles. The molecule has 1 amide bonds. The third-order valence-electron chi connectivity index (χ3n) is 6.36. The standard InChI is InChI=1S/C27H34Cl2N6O6S/c1-6-34(7-2)26-30-13-12-24(35(26)33(5)42(39,40)22-16-19(28)15-20(29)17-22)31-23(25(36)37)14-18-8-10-21(11-9-18)41-27(38)32(3)4/h8-13,15-17,23-24,31H,6-7,14H2,1-5H3,(H,36,37). The Labute approximate surface area is 255 Å². The van der Waals surface area contributed by atoms with Gasteiger partial charge in [-0.15, -0.1) is 4.41 Å². The molecule has 2 N–H and O–H groups in total. The van der Waals surface area contributed by atoms with Gasteiger partial charge in [0.1, 0.15) is 18.0 Å². The topological polar surface area (TPSA) is 135 Å². The van der Waals surface area contributed by atoms with Gasteiger partial charge in [0, 0.05) is 50.5 Å². The Morgan fingerprint density at radius 3 is 2.19 bits per heavy atom. The first kappa shape index (κ1) is 33.1. The number of hydrogen-bond acceptors (Lipinski definition) is 9. The molecule has 0 saturated heterocycles. The number of halogens is 2. The van der Waals surface area contributed by atoms with Crippen LogP contribution in [0.4, 0.5) is 4.79 Å². The molecule has 0 aromatic heterocycles. The van der Waals surface area contributed by atoms with Gasteiger partial charge < -0.3 is 19.6 Å². The Hall–Kier alpha value is -3.36. The summed E-state index contributed by atoms with van der Waals surface area (Å²) in [5, 5.41) is 14.8. The first-order valence-corrected chi connectivity index (χ1v) is 15.2. The van der Waals surface area contributed by atoms with E-state index in [9.17, 15) is 23.1 Å². The summed E-state index contributed by atoms with van der Waals surface area (Å²) in [4.78, 5) is 31.6. The van der Waals surface area contributed by atoms with E-state index in [2.05, 4.69) is 10.3 Å². The number of carbonyl (C=O) groups is 2. The van der Waals surface area contributed by atoms with E-state index in [1.165, 1.54) is 41.4 Å². The fraction of sp³-hybridized carbons (Fsp3) is 0.370. The molecule has 0 radical (unpaired) electrons. The van der Waals surface area contributed by atoms with Crippen molar-refractivity contribution < 1.29 is 27.9 Å². The van der Waals surface area contributed by atoms with Crippen LogP contribution >= 0.6 is 23.2 Å². The molecule has 0 saturated carbocycles. The van der Waals surface area contributed by atoms with Gasteiger partial charge in [-0.25, -0.2) is 23.2 Å². The molecule has 228 valence electrons. The van der Waals surface area contributed by atoms with Gasteiger partial charge in [0.25, 0.3) is 10.0 Å².